The van der Waals surface area contributed by atoms with E-state index in [-0.39, 0.29) is 0 Å². The zero-order valence-corrected chi connectivity index (χ0v) is 8.48. The predicted molar refractivity (Wildman–Crippen MR) is 53.8 cm³/mol. The van der Waals surface area contributed by atoms with Crippen molar-refractivity contribution in [3.8, 4) is 0 Å². The lowest BCUT2D eigenvalue weighted by molar-refractivity contribution is 0.441. The highest BCUT2D eigenvalue weighted by atomic mass is 15.2. The van der Waals surface area contributed by atoms with Gasteiger partial charge in [-0.2, -0.15) is 0 Å². The van der Waals surface area contributed by atoms with E-state index in [9.17, 15) is 0 Å². The Labute approximate surface area is 75.7 Å². The Kier molecular flexibility index (Phi) is 6.76. The molecule has 0 bridgehead atoms. The quantitative estimate of drug-likeness (QED) is 0.426. The molecule has 3 heteroatoms. The van der Waals surface area contributed by atoms with E-state index in [2.05, 4.69) is 10.2 Å². The molecule has 0 spiro atoms. The van der Waals surface area contributed by atoms with Crippen molar-refractivity contribution < 1.29 is 0 Å². The average molecular weight is 171 g/mol. The van der Waals surface area contributed by atoms with Gasteiger partial charge in [-0.05, 0) is 19.9 Å². The third-order valence-corrected chi connectivity index (χ3v) is 1.81. The van der Waals surface area contributed by atoms with Crippen LogP contribution < -0.4 is 5.32 Å². The number of amidine groups is 1. The fraction of sp³-hybridized carbons (Fsp3) is 0.889. The third kappa shape index (κ3) is 4.34. The van der Waals surface area contributed by atoms with Crippen LogP contribution in [0.5, 0.6) is 0 Å². The highest BCUT2D eigenvalue weighted by Crippen LogP contribution is 1.94. The Morgan fingerprint density at radius 3 is 2.50 bits per heavy atom. The standard InChI is InChI=1S/C7H15N3.C2H6/c1-7(8)10-5-2-3-9-4-6-10;1-2/h8-9H,2-6H2,1H3;1-2H3. The fourth-order valence-corrected chi connectivity index (χ4v) is 1.18. The summed E-state index contributed by atoms with van der Waals surface area (Å²) in [5, 5.41) is 10.7. The maximum absolute atomic E-state index is 7.38. The van der Waals surface area contributed by atoms with Crippen LogP contribution in [0.4, 0.5) is 0 Å². The lowest BCUT2D eigenvalue weighted by Gasteiger charge is -2.19. The van der Waals surface area contributed by atoms with Gasteiger partial charge in [-0.15, -0.1) is 0 Å². The van der Waals surface area contributed by atoms with Crippen LogP contribution in [0.2, 0.25) is 0 Å². The van der Waals surface area contributed by atoms with Gasteiger partial charge in [0.25, 0.3) is 0 Å². The van der Waals surface area contributed by atoms with Crippen molar-refractivity contribution in [3.63, 3.8) is 0 Å². The molecule has 12 heavy (non-hydrogen) atoms. The smallest absolute Gasteiger partial charge is 0.0926 e. The van der Waals surface area contributed by atoms with Crippen LogP contribution in [0.25, 0.3) is 0 Å². The number of hydrogen-bond donors (Lipinski definition) is 2. The minimum atomic E-state index is 0.698. The second-order valence-corrected chi connectivity index (χ2v) is 2.68. The zero-order chi connectivity index (χ0) is 9.40. The van der Waals surface area contributed by atoms with E-state index in [0.717, 1.165) is 32.6 Å². The van der Waals surface area contributed by atoms with Crippen LogP contribution in [0, 0.1) is 5.41 Å². The van der Waals surface area contributed by atoms with Crippen molar-refractivity contribution in [3.05, 3.63) is 0 Å². The molecule has 3 nitrogen and oxygen atoms in total. The Morgan fingerprint density at radius 1 is 1.25 bits per heavy atom. The van der Waals surface area contributed by atoms with Gasteiger partial charge >= 0.3 is 0 Å². The SMILES string of the molecule is CC.CC(=N)N1CCCNCC1. The molecule has 0 unspecified atom stereocenters. The van der Waals surface area contributed by atoms with Crippen molar-refractivity contribution in [2.24, 2.45) is 0 Å². The first-order valence-corrected chi connectivity index (χ1v) is 4.81. The van der Waals surface area contributed by atoms with Crippen LogP contribution in [0.15, 0.2) is 0 Å². The van der Waals surface area contributed by atoms with E-state index in [0.29, 0.717) is 5.84 Å². The Morgan fingerprint density at radius 2 is 1.92 bits per heavy atom. The molecule has 0 amide bonds. The summed E-state index contributed by atoms with van der Waals surface area (Å²) >= 11 is 0. The minimum Gasteiger partial charge on any atom is -0.359 e. The number of nitrogens with one attached hydrogen (secondary N) is 2. The molecular weight excluding hydrogens is 150 g/mol. The third-order valence-electron chi connectivity index (χ3n) is 1.81. The maximum Gasteiger partial charge on any atom is 0.0926 e. The fourth-order valence-electron chi connectivity index (χ4n) is 1.18. The molecule has 1 saturated heterocycles. The van der Waals surface area contributed by atoms with E-state index in [4.69, 9.17) is 5.41 Å². The molecule has 1 aliphatic rings. The van der Waals surface area contributed by atoms with E-state index < -0.39 is 0 Å². The van der Waals surface area contributed by atoms with E-state index in [1.165, 1.54) is 0 Å². The Balaban J connectivity index is 0.000000561. The molecule has 0 saturated carbocycles. The van der Waals surface area contributed by atoms with Crippen LogP contribution in [-0.2, 0) is 0 Å². The number of hydrogen-bond acceptors (Lipinski definition) is 2. The Bertz CT molecular complexity index is 115. The van der Waals surface area contributed by atoms with Crippen molar-refractivity contribution in [2.75, 3.05) is 26.2 Å². The molecule has 2 N–H and O–H groups in total. The second-order valence-electron chi connectivity index (χ2n) is 2.68. The van der Waals surface area contributed by atoms with Crippen LogP contribution in [0.3, 0.4) is 0 Å². The van der Waals surface area contributed by atoms with Gasteiger partial charge in [0.2, 0.25) is 0 Å². The van der Waals surface area contributed by atoms with Crippen molar-refractivity contribution in [1.82, 2.24) is 10.2 Å². The summed E-state index contributed by atoms with van der Waals surface area (Å²) < 4.78 is 0. The molecule has 0 aromatic rings. The number of rotatable bonds is 0. The summed E-state index contributed by atoms with van der Waals surface area (Å²) in [5.74, 6) is 0.698. The topological polar surface area (TPSA) is 39.1 Å². The minimum absolute atomic E-state index is 0.698. The molecule has 0 aromatic heterocycles. The number of nitrogens with zero attached hydrogens (tertiary/aromatic N) is 1. The van der Waals surface area contributed by atoms with Gasteiger partial charge < -0.3 is 10.2 Å². The van der Waals surface area contributed by atoms with Gasteiger partial charge in [0, 0.05) is 19.6 Å². The van der Waals surface area contributed by atoms with Gasteiger partial charge in [-0.25, -0.2) is 0 Å². The van der Waals surface area contributed by atoms with Crippen molar-refractivity contribution in [1.29, 1.82) is 5.41 Å². The first kappa shape index (κ1) is 11.4. The average Bonchev–Trinajstić information content (AvgIpc) is 2.35. The molecule has 0 atom stereocenters. The van der Waals surface area contributed by atoms with Crippen molar-refractivity contribution in [2.45, 2.75) is 27.2 Å². The van der Waals surface area contributed by atoms with Gasteiger partial charge in [0.1, 0.15) is 0 Å². The van der Waals surface area contributed by atoms with Gasteiger partial charge in [0.15, 0.2) is 0 Å². The summed E-state index contributed by atoms with van der Waals surface area (Å²) in [6.07, 6.45) is 1.16. The van der Waals surface area contributed by atoms with Gasteiger partial charge in [-0.1, -0.05) is 13.8 Å². The van der Waals surface area contributed by atoms with E-state index in [1.807, 2.05) is 20.8 Å². The summed E-state index contributed by atoms with van der Waals surface area (Å²) in [5.41, 5.74) is 0. The normalized spacial score (nSPS) is 17.4. The van der Waals surface area contributed by atoms with Crippen LogP contribution in [-0.4, -0.2) is 36.9 Å². The summed E-state index contributed by atoms with van der Waals surface area (Å²) in [6.45, 7) is 10.0. The first-order chi connectivity index (χ1) is 5.80. The molecule has 1 rings (SSSR count). The van der Waals surface area contributed by atoms with Crippen molar-refractivity contribution >= 4 is 5.84 Å². The van der Waals surface area contributed by atoms with Gasteiger partial charge in [0.05, 0.1) is 5.84 Å². The second kappa shape index (κ2) is 7.10. The summed E-state index contributed by atoms with van der Waals surface area (Å²) in [6, 6.07) is 0. The summed E-state index contributed by atoms with van der Waals surface area (Å²) in [7, 11) is 0. The zero-order valence-electron chi connectivity index (χ0n) is 8.48. The predicted octanol–water partition coefficient (Wildman–Crippen LogP) is 1.31. The van der Waals surface area contributed by atoms with E-state index >= 15 is 0 Å². The van der Waals surface area contributed by atoms with Gasteiger partial charge in [-0.3, -0.25) is 5.41 Å². The molecular formula is C9H21N3. The molecule has 0 aliphatic carbocycles. The molecule has 1 aliphatic heterocycles. The molecule has 0 radical (unpaired) electrons. The molecule has 72 valence electrons. The maximum atomic E-state index is 7.38. The Hall–Kier alpha value is -0.570. The monoisotopic (exact) mass is 171 g/mol. The molecule has 0 aromatic carbocycles. The lowest BCUT2D eigenvalue weighted by atomic mass is 10.4. The first-order valence-electron chi connectivity index (χ1n) is 4.81. The van der Waals surface area contributed by atoms with Crippen LogP contribution in [0.1, 0.15) is 27.2 Å². The largest absolute Gasteiger partial charge is 0.359 e. The highest BCUT2D eigenvalue weighted by molar-refractivity contribution is 5.76. The molecule has 1 fully saturated rings. The summed E-state index contributed by atoms with van der Waals surface area (Å²) in [4.78, 5) is 2.11. The van der Waals surface area contributed by atoms with E-state index in [1.54, 1.807) is 0 Å². The lowest BCUT2D eigenvalue weighted by Crippen LogP contribution is -2.31. The van der Waals surface area contributed by atoms with Crippen LogP contribution >= 0.6 is 0 Å². The molecule has 1 heterocycles. The highest BCUT2D eigenvalue weighted by Gasteiger charge is 2.07.